The lowest BCUT2D eigenvalue weighted by Gasteiger charge is -2.09. The molecule has 0 unspecified atom stereocenters. The van der Waals surface area contributed by atoms with E-state index in [1.807, 2.05) is 0 Å². The minimum absolute atomic E-state index is 0.139. The van der Waals surface area contributed by atoms with Crippen LogP contribution in [0.15, 0.2) is 24.4 Å². The third-order valence-corrected chi connectivity index (χ3v) is 2.38. The molecule has 6 nitrogen and oxygen atoms in total. The summed E-state index contributed by atoms with van der Waals surface area (Å²) in [6.07, 6.45) is 1.37. The van der Waals surface area contributed by atoms with Crippen LogP contribution in [0, 0.1) is 11.6 Å². The predicted octanol–water partition coefficient (Wildman–Crippen LogP) is 1.92. The standard InChI is InChI=1S/C11H11F2N5O/c1-18-10(8(14)5-15-18)17-11(19)16-9-3-2-6(12)4-7(9)13/h2-5H,14H2,1H3,(H2,16,17,19). The molecule has 0 aliphatic rings. The molecule has 19 heavy (non-hydrogen) atoms. The first-order valence-electron chi connectivity index (χ1n) is 5.28. The van der Waals surface area contributed by atoms with Gasteiger partial charge in [-0.1, -0.05) is 0 Å². The van der Waals surface area contributed by atoms with E-state index >= 15 is 0 Å². The summed E-state index contributed by atoms with van der Waals surface area (Å²) in [6.45, 7) is 0. The second-order valence-corrected chi connectivity index (χ2v) is 3.78. The van der Waals surface area contributed by atoms with Crippen molar-refractivity contribution >= 4 is 23.2 Å². The molecule has 8 heteroatoms. The number of rotatable bonds is 2. The monoisotopic (exact) mass is 267 g/mol. The Hall–Kier alpha value is -2.64. The van der Waals surface area contributed by atoms with Crippen molar-refractivity contribution in [3.05, 3.63) is 36.0 Å². The zero-order valence-electron chi connectivity index (χ0n) is 9.95. The number of hydrogen-bond donors (Lipinski definition) is 3. The summed E-state index contributed by atoms with van der Waals surface area (Å²) in [5.74, 6) is -1.31. The van der Waals surface area contributed by atoms with Crippen molar-refractivity contribution in [1.82, 2.24) is 9.78 Å². The van der Waals surface area contributed by atoms with Crippen molar-refractivity contribution in [2.75, 3.05) is 16.4 Å². The number of hydrogen-bond acceptors (Lipinski definition) is 3. The summed E-state index contributed by atoms with van der Waals surface area (Å²) in [5, 5.41) is 8.49. The normalized spacial score (nSPS) is 10.3. The molecule has 0 fully saturated rings. The van der Waals surface area contributed by atoms with Crippen LogP contribution in [0.4, 0.5) is 30.8 Å². The number of nitrogen functional groups attached to an aromatic ring is 1. The molecule has 100 valence electrons. The van der Waals surface area contributed by atoms with Crippen LogP contribution in [0.3, 0.4) is 0 Å². The van der Waals surface area contributed by atoms with Crippen molar-refractivity contribution in [2.24, 2.45) is 7.05 Å². The Morgan fingerprint density at radius 1 is 1.37 bits per heavy atom. The highest BCUT2D eigenvalue weighted by molar-refractivity contribution is 6.00. The molecule has 0 spiro atoms. The van der Waals surface area contributed by atoms with E-state index in [0.717, 1.165) is 12.1 Å². The number of benzene rings is 1. The van der Waals surface area contributed by atoms with Gasteiger partial charge >= 0.3 is 6.03 Å². The summed E-state index contributed by atoms with van der Waals surface area (Å²) in [5.41, 5.74) is 5.72. The molecule has 0 aliphatic heterocycles. The Morgan fingerprint density at radius 2 is 2.11 bits per heavy atom. The minimum Gasteiger partial charge on any atom is -0.394 e. The molecule has 0 saturated carbocycles. The van der Waals surface area contributed by atoms with E-state index in [0.29, 0.717) is 6.07 Å². The first-order chi connectivity index (χ1) is 8.97. The van der Waals surface area contributed by atoms with E-state index in [2.05, 4.69) is 15.7 Å². The number of nitrogens with zero attached hydrogens (tertiary/aromatic N) is 2. The third kappa shape index (κ3) is 2.79. The molecule has 2 amide bonds. The minimum atomic E-state index is -0.867. The Bertz CT molecular complexity index is 606. The molecule has 2 aromatic rings. The number of nitrogens with one attached hydrogen (secondary N) is 2. The number of amides is 2. The van der Waals surface area contributed by atoms with Crippen molar-refractivity contribution in [1.29, 1.82) is 0 Å². The Morgan fingerprint density at radius 3 is 2.68 bits per heavy atom. The van der Waals surface area contributed by atoms with E-state index in [4.69, 9.17) is 5.73 Å². The first-order valence-corrected chi connectivity index (χ1v) is 5.28. The average Bonchev–Trinajstić information content (AvgIpc) is 2.65. The molecule has 2 rings (SSSR count). The fourth-order valence-corrected chi connectivity index (χ4v) is 1.46. The SMILES string of the molecule is Cn1ncc(N)c1NC(=O)Nc1ccc(F)cc1F. The smallest absolute Gasteiger partial charge is 0.324 e. The van der Waals surface area contributed by atoms with Crippen LogP contribution in [-0.2, 0) is 7.05 Å². The van der Waals surface area contributed by atoms with Gasteiger partial charge in [-0.2, -0.15) is 5.10 Å². The lowest BCUT2D eigenvalue weighted by atomic mass is 10.3. The van der Waals surface area contributed by atoms with Gasteiger partial charge in [0.2, 0.25) is 0 Å². The van der Waals surface area contributed by atoms with Crippen LogP contribution in [0.2, 0.25) is 0 Å². The van der Waals surface area contributed by atoms with Gasteiger partial charge in [0.25, 0.3) is 0 Å². The van der Waals surface area contributed by atoms with Crippen molar-refractivity contribution in [3.8, 4) is 0 Å². The Labute approximate surface area is 107 Å². The number of carbonyl (C=O) groups excluding carboxylic acids is 1. The maximum atomic E-state index is 13.3. The molecule has 1 aromatic carbocycles. The molecule has 0 saturated heterocycles. The quantitative estimate of drug-likeness (QED) is 0.777. The van der Waals surface area contributed by atoms with Gasteiger partial charge in [0.1, 0.15) is 11.6 Å². The summed E-state index contributed by atoms with van der Waals surface area (Å²) in [7, 11) is 1.59. The molecule has 1 aromatic heterocycles. The number of anilines is 3. The second kappa shape index (κ2) is 4.92. The number of aryl methyl sites for hydroxylation is 1. The fraction of sp³-hybridized carbons (Fsp3) is 0.0909. The maximum Gasteiger partial charge on any atom is 0.324 e. The molecular weight excluding hydrogens is 256 g/mol. The maximum absolute atomic E-state index is 13.3. The topological polar surface area (TPSA) is 85.0 Å². The molecule has 0 atom stereocenters. The van der Waals surface area contributed by atoms with Gasteiger partial charge < -0.3 is 11.1 Å². The molecule has 0 bridgehead atoms. The van der Waals surface area contributed by atoms with Crippen molar-refractivity contribution in [3.63, 3.8) is 0 Å². The predicted molar refractivity (Wildman–Crippen MR) is 66.6 cm³/mol. The van der Waals surface area contributed by atoms with E-state index in [1.165, 1.54) is 10.9 Å². The van der Waals surface area contributed by atoms with E-state index in [-0.39, 0.29) is 17.2 Å². The van der Waals surface area contributed by atoms with Gasteiger partial charge in [-0.05, 0) is 12.1 Å². The Balaban J connectivity index is 2.10. The zero-order valence-corrected chi connectivity index (χ0v) is 9.95. The molecule has 4 N–H and O–H groups in total. The van der Waals surface area contributed by atoms with Gasteiger partial charge in [0.05, 0.1) is 17.6 Å². The van der Waals surface area contributed by atoms with Crippen molar-refractivity contribution in [2.45, 2.75) is 0 Å². The van der Waals surface area contributed by atoms with Gasteiger partial charge in [0.15, 0.2) is 5.82 Å². The number of nitrogens with two attached hydrogens (primary N) is 1. The van der Waals surface area contributed by atoms with Crippen LogP contribution >= 0.6 is 0 Å². The highest BCUT2D eigenvalue weighted by Gasteiger charge is 2.11. The molecule has 1 heterocycles. The van der Waals surface area contributed by atoms with Crippen LogP contribution in [0.5, 0.6) is 0 Å². The van der Waals surface area contributed by atoms with Crippen LogP contribution in [0.25, 0.3) is 0 Å². The van der Waals surface area contributed by atoms with Gasteiger partial charge in [0, 0.05) is 13.1 Å². The molecule has 0 radical (unpaired) electrons. The van der Waals surface area contributed by atoms with Gasteiger partial charge in [-0.25, -0.2) is 13.6 Å². The first kappa shape index (κ1) is 12.8. The lowest BCUT2D eigenvalue weighted by molar-refractivity contribution is 0.262. The van der Waals surface area contributed by atoms with Crippen LogP contribution in [0.1, 0.15) is 0 Å². The summed E-state index contributed by atoms with van der Waals surface area (Å²) in [4.78, 5) is 11.6. The average molecular weight is 267 g/mol. The number of halogens is 2. The number of carbonyl (C=O) groups is 1. The Kier molecular flexibility index (Phi) is 3.32. The fourth-order valence-electron chi connectivity index (χ4n) is 1.46. The summed E-state index contributed by atoms with van der Waals surface area (Å²) >= 11 is 0. The van der Waals surface area contributed by atoms with E-state index < -0.39 is 17.7 Å². The van der Waals surface area contributed by atoms with Crippen molar-refractivity contribution < 1.29 is 13.6 Å². The van der Waals surface area contributed by atoms with Gasteiger partial charge in [-0.3, -0.25) is 10.00 Å². The largest absolute Gasteiger partial charge is 0.394 e. The number of urea groups is 1. The third-order valence-electron chi connectivity index (χ3n) is 2.38. The van der Waals surface area contributed by atoms with E-state index in [9.17, 15) is 13.6 Å². The zero-order chi connectivity index (χ0) is 14.0. The number of aromatic nitrogens is 2. The lowest BCUT2D eigenvalue weighted by Crippen LogP contribution is -2.22. The van der Waals surface area contributed by atoms with E-state index in [1.54, 1.807) is 7.05 Å². The van der Waals surface area contributed by atoms with Crippen LogP contribution < -0.4 is 16.4 Å². The highest BCUT2D eigenvalue weighted by Crippen LogP contribution is 2.18. The summed E-state index contributed by atoms with van der Waals surface area (Å²) in [6, 6.07) is 2.13. The van der Waals surface area contributed by atoms with Crippen LogP contribution in [-0.4, -0.2) is 15.8 Å². The van der Waals surface area contributed by atoms with Gasteiger partial charge in [-0.15, -0.1) is 0 Å². The molecular formula is C11H11F2N5O. The summed E-state index contributed by atoms with van der Waals surface area (Å²) < 4.78 is 27.4. The highest BCUT2D eigenvalue weighted by atomic mass is 19.1. The second-order valence-electron chi connectivity index (χ2n) is 3.78. The molecule has 0 aliphatic carbocycles.